The summed E-state index contributed by atoms with van der Waals surface area (Å²) < 4.78 is 6.58. The molecule has 2 aromatic rings. The lowest BCUT2D eigenvalue weighted by atomic mass is 10.0. The number of benzene rings is 2. The van der Waals surface area contributed by atoms with Crippen LogP contribution in [-0.2, 0) is 16.1 Å². The maximum Gasteiger partial charge on any atom is 0.261 e. The van der Waals surface area contributed by atoms with Crippen LogP contribution in [0, 0.1) is 0 Å². The highest BCUT2D eigenvalue weighted by molar-refractivity contribution is 9.10. The van der Waals surface area contributed by atoms with Gasteiger partial charge in [0.05, 0.1) is 4.47 Å². The van der Waals surface area contributed by atoms with E-state index < -0.39 is 6.04 Å². The summed E-state index contributed by atoms with van der Waals surface area (Å²) in [6, 6.07) is 12.5. The summed E-state index contributed by atoms with van der Waals surface area (Å²) in [5.41, 5.74) is 1.95. The minimum absolute atomic E-state index is 0.185. The Morgan fingerprint density at radius 1 is 1.16 bits per heavy atom. The number of nitrogens with zero attached hydrogens (tertiary/aromatic N) is 1. The van der Waals surface area contributed by atoms with Gasteiger partial charge in [0.1, 0.15) is 11.8 Å². The summed E-state index contributed by atoms with van der Waals surface area (Å²) in [5.74, 6) is 0.475. The van der Waals surface area contributed by atoms with Crippen molar-refractivity contribution in [3.63, 3.8) is 0 Å². The van der Waals surface area contributed by atoms with Gasteiger partial charge in [-0.2, -0.15) is 0 Å². The first-order chi connectivity index (χ1) is 14.7. The zero-order valence-corrected chi connectivity index (χ0v) is 20.8. The monoisotopic (exact) mass is 508 g/mol. The van der Waals surface area contributed by atoms with E-state index in [1.807, 2.05) is 43.3 Å². The first-order valence-corrected chi connectivity index (χ1v) is 11.6. The maximum atomic E-state index is 13.1. The third kappa shape index (κ3) is 7.25. The molecule has 1 atom stereocenters. The predicted octanol–water partition coefficient (Wildman–Crippen LogP) is 5.55. The molecule has 0 radical (unpaired) electrons. The van der Waals surface area contributed by atoms with E-state index in [1.54, 1.807) is 13.0 Å². The van der Waals surface area contributed by atoms with Crippen molar-refractivity contribution < 1.29 is 14.3 Å². The number of carbonyl (C=O) groups is 2. The summed E-state index contributed by atoms with van der Waals surface area (Å²) in [6.45, 7) is 8.52. The fourth-order valence-corrected chi connectivity index (χ4v) is 3.71. The lowest BCUT2D eigenvalue weighted by Gasteiger charge is -2.29. The van der Waals surface area contributed by atoms with Crippen molar-refractivity contribution in [1.29, 1.82) is 0 Å². The summed E-state index contributed by atoms with van der Waals surface area (Å²) in [7, 11) is 0. The molecule has 5 nitrogen and oxygen atoms in total. The van der Waals surface area contributed by atoms with Crippen LogP contribution in [0.2, 0.25) is 5.02 Å². The molecule has 0 aliphatic heterocycles. The van der Waals surface area contributed by atoms with Crippen molar-refractivity contribution >= 4 is 39.3 Å². The maximum absolute atomic E-state index is 13.1. The fourth-order valence-electron chi connectivity index (χ4n) is 3.00. The highest BCUT2D eigenvalue weighted by Gasteiger charge is 2.27. The average molecular weight is 510 g/mol. The Kier molecular flexibility index (Phi) is 9.85. The van der Waals surface area contributed by atoms with Gasteiger partial charge in [0.2, 0.25) is 5.91 Å². The van der Waals surface area contributed by atoms with Crippen molar-refractivity contribution in [2.45, 2.75) is 52.6 Å². The van der Waals surface area contributed by atoms with Crippen LogP contribution in [0.3, 0.4) is 0 Å². The van der Waals surface area contributed by atoms with Gasteiger partial charge in [-0.15, -0.1) is 0 Å². The molecule has 2 aromatic carbocycles. The number of rotatable bonds is 10. The zero-order valence-electron chi connectivity index (χ0n) is 18.5. The number of carbonyl (C=O) groups excluding carboxylic acids is 2. The molecule has 2 rings (SSSR count). The molecule has 0 aromatic heterocycles. The molecular formula is C24H30BrClN2O3. The first-order valence-electron chi connectivity index (χ1n) is 10.5. The standard InChI is InChI=1S/C24H30BrClN2O3/c1-5-12-27-24(30)17(4)28(14-19-8-6-7-9-21(19)26)23(29)15-31-22-11-10-18(16(2)3)13-20(22)25/h6-11,13,16-17H,5,12,14-15H2,1-4H3,(H,27,30). The van der Waals surface area contributed by atoms with Crippen LogP contribution in [0.5, 0.6) is 5.75 Å². The second-order valence-corrected chi connectivity index (χ2v) is 8.97. The van der Waals surface area contributed by atoms with Crippen LogP contribution in [-0.4, -0.2) is 35.9 Å². The number of nitrogens with one attached hydrogen (secondary N) is 1. The lowest BCUT2D eigenvalue weighted by molar-refractivity contribution is -0.142. The number of halogens is 2. The minimum atomic E-state index is -0.661. The molecule has 0 spiro atoms. The van der Waals surface area contributed by atoms with E-state index in [0.29, 0.717) is 23.2 Å². The Morgan fingerprint density at radius 3 is 2.48 bits per heavy atom. The van der Waals surface area contributed by atoms with Crippen molar-refractivity contribution in [3.05, 3.63) is 63.1 Å². The lowest BCUT2D eigenvalue weighted by Crippen LogP contribution is -2.49. The smallest absolute Gasteiger partial charge is 0.261 e. The number of ether oxygens (including phenoxy) is 1. The Hall–Kier alpha value is -2.05. The molecule has 7 heteroatoms. The Balaban J connectivity index is 2.17. The fraction of sp³-hybridized carbons (Fsp3) is 0.417. The van der Waals surface area contributed by atoms with Crippen LogP contribution in [0.15, 0.2) is 46.9 Å². The number of hydrogen-bond donors (Lipinski definition) is 1. The molecule has 1 unspecified atom stereocenters. The van der Waals surface area contributed by atoms with Crippen molar-refractivity contribution in [3.8, 4) is 5.75 Å². The molecule has 0 heterocycles. The predicted molar refractivity (Wildman–Crippen MR) is 128 cm³/mol. The van der Waals surface area contributed by atoms with Crippen LogP contribution < -0.4 is 10.1 Å². The first kappa shape index (κ1) is 25.2. The van der Waals surface area contributed by atoms with Crippen molar-refractivity contribution in [2.75, 3.05) is 13.2 Å². The molecular weight excluding hydrogens is 480 g/mol. The molecule has 0 bridgehead atoms. The van der Waals surface area contributed by atoms with Gasteiger partial charge in [-0.05, 0) is 64.5 Å². The van der Waals surface area contributed by atoms with Gasteiger partial charge in [-0.3, -0.25) is 9.59 Å². The molecule has 168 valence electrons. The van der Waals surface area contributed by atoms with Crippen LogP contribution in [0.1, 0.15) is 51.2 Å². The molecule has 0 aliphatic rings. The Morgan fingerprint density at radius 2 is 1.87 bits per heavy atom. The van der Waals surface area contributed by atoms with Crippen LogP contribution in [0.4, 0.5) is 0 Å². The molecule has 0 fully saturated rings. The van der Waals surface area contributed by atoms with E-state index >= 15 is 0 Å². The highest BCUT2D eigenvalue weighted by Crippen LogP contribution is 2.29. The summed E-state index contributed by atoms with van der Waals surface area (Å²) >= 11 is 9.81. The van der Waals surface area contributed by atoms with Crippen molar-refractivity contribution in [1.82, 2.24) is 10.2 Å². The average Bonchev–Trinajstić information content (AvgIpc) is 2.75. The van der Waals surface area contributed by atoms with E-state index in [1.165, 1.54) is 10.5 Å². The second-order valence-electron chi connectivity index (χ2n) is 7.71. The third-order valence-electron chi connectivity index (χ3n) is 4.99. The zero-order chi connectivity index (χ0) is 23.0. The molecule has 0 aliphatic carbocycles. The van der Waals surface area contributed by atoms with E-state index in [0.717, 1.165) is 16.5 Å². The van der Waals surface area contributed by atoms with Crippen LogP contribution >= 0.6 is 27.5 Å². The third-order valence-corrected chi connectivity index (χ3v) is 5.98. The second kappa shape index (κ2) is 12.1. The van der Waals surface area contributed by atoms with Gasteiger partial charge in [-0.25, -0.2) is 0 Å². The van der Waals surface area contributed by atoms with Gasteiger partial charge in [-0.1, -0.05) is 56.6 Å². The number of hydrogen-bond acceptors (Lipinski definition) is 3. The van der Waals surface area contributed by atoms with E-state index in [2.05, 4.69) is 35.1 Å². The number of amides is 2. The molecule has 0 saturated carbocycles. The van der Waals surface area contributed by atoms with E-state index in [9.17, 15) is 9.59 Å². The molecule has 1 N–H and O–H groups in total. The highest BCUT2D eigenvalue weighted by atomic mass is 79.9. The topological polar surface area (TPSA) is 58.6 Å². The molecule has 0 saturated heterocycles. The summed E-state index contributed by atoms with van der Waals surface area (Å²) in [4.78, 5) is 27.2. The molecule has 31 heavy (non-hydrogen) atoms. The van der Waals surface area contributed by atoms with Gasteiger partial charge in [0, 0.05) is 18.1 Å². The summed E-state index contributed by atoms with van der Waals surface area (Å²) in [6.07, 6.45) is 0.820. The quantitative estimate of drug-likeness (QED) is 0.457. The largest absolute Gasteiger partial charge is 0.483 e. The van der Waals surface area contributed by atoms with Gasteiger partial charge in [0.25, 0.3) is 5.91 Å². The molecule has 2 amide bonds. The van der Waals surface area contributed by atoms with Gasteiger partial charge >= 0.3 is 0 Å². The Bertz CT molecular complexity index is 904. The van der Waals surface area contributed by atoms with E-state index in [4.69, 9.17) is 16.3 Å². The van der Waals surface area contributed by atoms with Gasteiger partial charge in [0.15, 0.2) is 6.61 Å². The SMILES string of the molecule is CCCNC(=O)C(C)N(Cc1ccccc1Cl)C(=O)COc1ccc(C(C)C)cc1Br. The van der Waals surface area contributed by atoms with Crippen LogP contribution in [0.25, 0.3) is 0 Å². The summed E-state index contributed by atoms with van der Waals surface area (Å²) in [5, 5.41) is 3.40. The Labute approximate surface area is 198 Å². The minimum Gasteiger partial charge on any atom is -0.483 e. The van der Waals surface area contributed by atoms with Crippen molar-refractivity contribution in [2.24, 2.45) is 0 Å². The normalized spacial score (nSPS) is 11.8. The van der Waals surface area contributed by atoms with E-state index in [-0.39, 0.29) is 25.0 Å². The van der Waals surface area contributed by atoms with Gasteiger partial charge < -0.3 is 15.0 Å².